The first-order valence-corrected chi connectivity index (χ1v) is 7.56. The summed E-state index contributed by atoms with van der Waals surface area (Å²) >= 11 is 17.7. The van der Waals surface area contributed by atoms with E-state index in [1.54, 1.807) is 18.2 Å². The van der Waals surface area contributed by atoms with Gasteiger partial charge < -0.3 is 5.32 Å². The van der Waals surface area contributed by atoms with Crippen LogP contribution in [0.25, 0.3) is 0 Å². The third kappa shape index (κ3) is 4.55. The van der Waals surface area contributed by atoms with Gasteiger partial charge in [-0.25, -0.2) is 0 Å². The molecule has 0 spiro atoms. The molecule has 19 heavy (non-hydrogen) atoms. The number of halogens is 3. The number of nitrogens with one attached hydrogen (secondary N) is 1. The highest BCUT2D eigenvalue weighted by Gasteiger charge is 2.26. The molecule has 106 valence electrons. The summed E-state index contributed by atoms with van der Waals surface area (Å²) in [5.41, 5.74) is 0.511. The predicted octanol–water partition coefficient (Wildman–Crippen LogP) is 4.45. The van der Waals surface area contributed by atoms with Crippen LogP contribution in [0.2, 0.25) is 10.0 Å². The Labute approximate surface area is 129 Å². The fourth-order valence-electron chi connectivity index (χ4n) is 1.82. The van der Waals surface area contributed by atoms with Gasteiger partial charge in [-0.15, -0.1) is 11.6 Å². The second kappa shape index (κ2) is 7.37. The molecular formula is C14H18Cl3NO. The SMILES string of the molecule is CCC(CC)(CCl)NC(=O)Cc1ccc(Cl)c(Cl)c1. The molecule has 1 aromatic rings. The molecule has 0 unspecified atom stereocenters. The minimum absolute atomic E-state index is 0.0530. The van der Waals surface area contributed by atoms with Crippen molar-refractivity contribution in [1.29, 1.82) is 0 Å². The molecule has 0 fully saturated rings. The Morgan fingerprint density at radius 2 is 1.84 bits per heavy atom. The second-order valence-electron chi connectivity index (χ2n) is 4.59. The molecule has 0 heterocycles. The lowest BCUT2D eigenvalue weighted by Crippen LogP contribution is -2.49. The van der Waals surface area contributed by atoms with Gasteiger partial charge in [-0.3, -0.25) is 4.79 Å². The molecule has 0 aliphatic rings. The maximum Gasteiger partial charge on any atom is 0.224 e. The van der Waals surface area contributed by atoms with Crippen molar-refractivity contribution in [1.82, 2.24) is 5.32 Å². The Balaban J connectivity index is 2.71. The van der Waals surface area contributed by atoms with E-state index in [-0.39, 0.29) is 17.9 Å². The summed E-state index contributed by atoms with van der Waals surface area (Å²) in [5.74, 6) is 0.357. The quantitative estimate of drug-likeness (QED) is 0.770. The van der Waals surface area contributed by atoms with Crippen LogP contribution < -0.4 is 5.32 Å². The average Bonchev–Trinajstić information content (AvgIpc) is 2.40. The Hall–Kier alpha value is -0.440. The smallest absolute Gasteiger partial charge is 0.224 e. The standard InChI is InChI=1S/C14H18Cl3NO/c1-3-14(4-2,9-15)18-13(19)8-10-5-6-11(16)12(17)7-10/h5-7H,3-4,8-9H2,1-2H3,(H,18,19). The van der Waals surface area contributed by atoms with E-state index in [9.17, 15) is 4.79 Å². The van der Waals surface area contributed by atoms with Crippen molar-refractivity contribution < 1.29 is 4.79 Å². The highest BCUT2D eigenvalue weighted by Crippen LogP contribution is 2.23. The number of amides is 1. The molecule has 1 N–H and O–H groups in total. The monoisotopic (exact) mass is 321 g/mol. The minimum atomic E-state index is -0.325. The first kappa shape index (κ1) is 16.6. The second-order valence-corrected chi connectivity index (χ2v) is 5.68. The third-order valence-electron chi connectivity index (χ3n) is 3.36. The number of rotatable bonds is 6. The molecule has 2 nitrogen and oxygen atoms in total. The first-order chi connectivity index (χ1) is 8.96. The van der Waals surface area contributed by atoms with Crippen molar-refractivity contribution in [3.8, 4) is 0 Å². The van der Waals surface area contributed by atoms with Gasteiger partial charge in [0.05, 0.1) is 22.0 Å². The van der Waals surface area contributed by atoms with Gasteiger partial charge in [0, 0.05) is 5.88 Å². The Morgan fingerprint density at radius 3 is 2.32 bits per heavy atom. The molecule has 1 amide bonds. The predicted molar refractivity (Wildman–Crippen MR) is 82.3 cm³/mol. The molecular weight excluding hydrogens is 305 g/mol. The summed E-state index contributed by atoms with van der Waals surface area (Å²) in [6.45, 7) is 4.04. The van der Waals surface area contributed by atoms with Gasteiger partial charge in [-0.05, 0) is 30.5 Å². The van der Waals surface area contributed by atoms with Crippen LogP contribution in [-0.4, -0.2) is 17.3 Å². The van der Waals surface area contributed by atoms with Crippen LogP contribution in [0.3, 0.4) is 0 Å². The van der Waals surface area contributed by atoms with Crippen LogP contribution >= 0.6 is 34.8 Å². The topological polar surface area (TPSA) is 29.1 Å². The van der Waals surface area contributed by atoms with E-state index in [0.717, 1.165) is 18.4 Å². The summed E-state index contributed by atoms with van der Waals surface area (Å²) in [5, 5.41) is 3.96. The average molecular weight is 323 g/mol. The maximum absolute atomic E-state index is 12.1. The minimum Gasteiger partial charge on any atom is -0.349 e. The summed E-state index contributed by atoms with van der Waals surface area (Å²) < 4.78 is 0. The zero-order valence-corrected chi connectivity index (χ0v) is 13.4. The molecule has 0 saturated heterocycles. The van der Waals surface area contributed by atoms with Gasteiger partial charge in [0.25, 0.3) is 0 Å². The lowest BCUT2D eigenvalue weighted by molar-refractivity contribution is -0.122. The van der Waals surface area contributed by atoms with Crippen LogP contribution in [0.4, 0.5) is 0 Å². The van der Waals surface area contributed by atoms with Crippen LogP contribution in [0.15, 0.2) is 18.2 Å². The lowest BCUT2D eigenvalue weighted by Gasteiger charge is -2.30. The highest BCUT2D eigenvalue weighted by atomic mass is 35.5. The number of hydrogen-bond acceptors (Lipinski definition) is 1. The van der Waals surface area contributed by atoms with Gasteiger partial charge in [-0.1, -0.05) is 43.1 Å². The number of carbonyl (C=O) groups is 1. The molecule has 1 aromatic carbocycles. The molecule has 0 aliphatic heterocycles. The lowest BCUT2D eigenvalue weighted by atomic mass is 9.95. The van der Waals surface area contributed by atoms with E-state index >= 15 is 0 Å². The van der Waals surface area contributed by atoms with E-state index in [2.05, 4.69) is 5.32 Å². The summed E-state index contributed by atoms with van der Waals surface area (Å²) in [7, 11) is 0. The Kier molecular flexibility index (Phi) is 6.45. The number of alkyl halides is 1. The number of hydrogen-bond donors (Lipinski definition) is 1. The Bertz CT molecular complexity index is 436. The zero-order chi connectivity index (χ0) is 14.5. The number of benzene rings is 1. The van der Waals surface area contributed by atoms with E-state index in [1.165, 1.54) is 0 Å². The first-order valence-electron chi connectivity index (χ1n) is 6.27. The van der Waals surface area contributed by atoms with Crippen molar-refractivity contribution in [3.63, 3.8) is 0 Å². The van der Waals surface area contributed by atoms with Gasteiger partial charge in [0.2, 0.25) is 5.91 Å². The van der Waals surface area contributed by atoms with Crippen molar-refractivity contribution in [3.05, 3.63) is 33.8 Å². The third-order valence-corrected chi connectivity index (χ3v) is 4.61. The molecule has 5 heteroatoms. The molecule has 0 bridgehead atoms. The van der Waals surface area contributed by atoms with Crippen LogP contribution in [0.1, 0.15) is 32.3 Å². The van der Waals surface area contributed by atoms with Crippen LogP contribution in [0.5, 0.6) is 0 Å². The van der Waals surface area contributed by atoms with Gasteiger partial charge >= 0.3 is 0 Å². The van der Waals surface area contributed by atoms with Crippen molar-refractivity contribution in [2.45, 2.75) is 38.6 Å². The summed E-state index contributed by atoms with van der Waals surface area (Å²) in [6.07, 6.45) is 1.88. The van der Waals surface area contributed by atoms with Crippen molar-refractivity contribution in [2.75, 3.05) is 5.88 Å². The fraction of sp³-hybridized carbons (Fsp3) is 0.500. The molecule has 1 rings (SSSR count). The molecule has 0 aromatic heterocycles. The normalized spacial score (nSPS) is 11.4. The molecule has 0 atom stereocenters. The van der Waals surface area contributed by atoms with Gasteiger partial charge in [0.15, 0.2) is 0 Å². The number of carbonyl (C=O) groups excluding carboxylic acids is 1. The molecule has 0 aliphatic carbocycles. The van der Waals surface area contributed by atoms with Crippen LogP contribution in [-0.2, 0) is 11.2 Å². The van der Waals surface area contributed by atoms with E-state index in [0.29, 0.717) is 15.9 Å². The van der Waals surface area contributed by atoms with E-state index in [1.807, 2.05) is 13.8 Å². The van der Waals surface area contributed by atoms with E-state index in [4.69, 9.17) is 34.8 Å². The van der Waals surface area contributed by atoms with Gasteiger partial charge in [0.1, 0.15) is 0 Å². The Morgan fingerprint density at radius 1 is 1.21 bits per heavy atom. The summed E-state index contributed by atoms with van der Waals surface area (Å²) in [6, 6.07) is 5.21. The van der Waals surface area contributed by atoms with E-state index < -0.39 is 0 Å². The fourth-order valence-corrected chi connectivity index (χ4v) is 2.59. The van der Waals surface area contributed by atoms with Crippen molar-refractivity contribution >= 4 is 40.7 Å². The summed E-state index contributed by atoms with van der Waals surface area (Å²) in [4.78, 5) is 12.1. The van der Waals surface area contributed by atoms with Gasteiger partial charge in [-0.2, -0.15) is 0 Å². The largest absolute Gasteiger partial charge is 0.349 e. The van der Waals surface area contributed by atoms with Crippen molar-refractivity contribution in [2.24, 2.45) is 0 Å². The molecule has 0 radical (unpaired) electrons. The molecule has 0 saturated carbocycles. The van der Waals surface area contributed by atoms with Crippen LogP contribution in [0, 0.1) is 0 Å². The highest BCUT2D eigenvalue weighted by molar-refractivity contribution is 6.42. The maximum atomic E-state index is 12.1. The zero-order valence-electron chi connectivity index (χ0n) is 11.1.